The molecule has 0 aliphatic carbocycles. The maximum Gasteiger partial charge on any atom is 0.258 e. The number of carbonyl (C=O) groups is 1. The Hall–Kier alpha value is -1.59. The Balaban J connectivity index is 2.47. The SMILES string of the molecule is COCC(CO)NC(=O)COc1cc(C)ccc1C. The van der Waals surface area contributed by atoms with Crippen molar-refractivity contribution in [1.82, 2.24) is 5.32 Å². The Bertz CT molecular complexity index is 420. The summed E-state index contributed by atoms with van der Waals surface area (Å²) in [4.78, 5) is 11.7. The third-order valence-electron chi connectivity index (χ3n) is 2.66. The highest BCUT2D eigenvalue weighted by Crippen LogP contribution is 2.18. The summed E-state index contributed by atoms with van der Waals surface area (Å²) in [6.07, 6.45) is 0. The monoisotopic (exact) mass is 267 g/mol. The maximum absolute atomic E-state index is 11.7. The van der Waals surface area contributed by atoms with Gasteiger partial charge in [-0.2, -0.15) is 0 Å². The molecule has 0 aromatic heterocycles. The average Bonchev–Trinajstić information content (AvgIpc) is 2.39. The molecule has 1 rings (SSSR count). The highest BCUT2D eigenvalue weighted by Gasteiger charge is 2.11. The van der Waals surface area contributed by atoms with Gasteiger partial charge in [0.25, 0.3) is 5.91 Å². The Labute approximate surface area is 113 Å². The molecule has 5 heteroatoms. The lowest BCUT2D eigenvalue weighted by atomic mass is 10.1. The van der Waals surface area contributed by atoms with E-state index in [4.69, 9.17) is 14.6 Å². The van der Waals surface area contributed by atoms with Gasteiger partial charge in [-0.05, 0) is 31.0 Å². The van der Waals surface area contributed by atoms with Gasteiger partial charge in [0.1, 0.15) is 5.75 Å². The van der Waals surface area contributed by atoms with Crippen LogP contribution in [0.4, 0.5) is 0 Å². The third kappa shape index (κ3) is 5.28. The van der Waals surface area contributed by atoms with E-state index < -0.39 is 6.04 Å². The zero-order chi connectivity index (χ0) is 14.3. The molecule has 1 aromatic rings. The predicted octanol–water partition coefficient (Wildman–Crippen LogP) is 0.806. The molecule has 0 saturated heterocycles. The van der Waals surface area contributed by atoms with Gasteiger partial charge in [0, 0.05) is 7.11 Å². The number of carbonyl (C=O) groups excluding carboxylic acids is 1. The molecular weight excluding hydrogens is 246 g/mol. The van der Waals surface area contributed by atoms with Gasteiger partial charge in [0.15, 0.2) is 6.61 Å². The number of aryl methyl sites for hydroxylation is 2. The van der Waals surface area contributed by atoms with Crippen molar-refractivity contribution in [2.45, 2.75) is 19.9 Å². The zero-order valence-electron chi connectivity index (χ0n) is 11.6. The van der Waals surface area contributed by atoms with Crippen molar-refractivity contribution in [3.8, 4) is 5.75 Å². The van der Waals surface area contributed by atoms with E-state index in [2.05, 4.69) is 5.32 Å². The van der Waals surface area contributed by atoms with E-state index in [1.54, 1.807) is 0 Å². The third-order valence-corrected chi connectivity index (χ3v) is 2.66. The van der Waals surface area contributed by atoms with Gasteiger partial charge in [0.2, 0.25) is 0 Å². The summed E-state index contributed by atoms with van der Waals surface area (Å²) in [6, 6.07) is 5.42. The van der Waals surface area contributed by atoms with Gasteiger partial charge in [-0.1, -0.05) is 12.1 Å². The number of hydrogen-bond donors (Lipinski definition) is 2. The molecule has 0 bridgehead atoms. The van der Waals surface area contributed by atoms with E-state index in [9.17, 15) is 4.79 Å². The minimum Gasteiger partial charge on any atom is -0.483 e. The Morgan fingerprint density at radius 1 is 1.42 bits per heavy atom. The van der Waals surface area contributed by atoms with Gasteiger partial charge >= 0.3 is 0 Å². The van der Waals surface area contributed by atoms with Gasteiger partial charge < -0.3 is 19.9 Å². The van der Waals surface area contributed by atoms with E-state index in [0.717, 1.165) is 11.1 Å². The number of aliphatic hydroxyl groups is 1. The van der Waals surface area contributed by atoms with Crippen LogP contribution < -0.4 is 10.1 Å². The van der Waals surface area contributed by atoms with Crippen LogP contribution in [-0.4, -0.2) is 44.0 Å². The van der Waals surface area contributed by atoms with Crippen LogP contribution in [0.5, 0.6) is 5.75 Å². The summed E-state index contributed by atoms with van der Waals surface area (Å²) >= 11 is 0. The standard InChI is InChI=1S/C14H21NO4/c1-10-4-5-11(2)13(6-10)19-9-14(17)15-12(7-16)8-18-3/h4-6,12,16H,7-9H2,1-3H3,(H,15,17). The van der Waals surface area contributed by atoms with Crippen molar-refractivity contribution in [1.29, 1.82) is 0 Å². The van der Waals surface area contributed by atoms with Crippen LogP contribution in [0.2, 0.25) is 0 Å². The minimum atomic E-state index is -0.403. The molecule has 1 atom stereocenters. The molecule has 1 amide bonds. The first-order valence-corrected chi connectivity index (χ1v) is 6.16. The summed E-state index contributed by atoms with van der Waals surface area (Å²) in [5.74, 6) is 0.416. The zero-order valence-corrected chi connectivity index (χ0v) is 11.6. The van der Waals surface area contributed by atoms with Crippen LogP contribution in [0.1, 0.15) is 11.1 Å². The van der Waals surface area contributed by atoms with Crippen molar-refractivity contribution >= 4 is 5.91 Å². The predicted molar refractivity (Wildman–Crippen MR) is 72.3 cm³/mol. The number of hydrogen-bond acceptors (Lipinski definition) is 4. The van der Waals surface area contributed by atoms with Gasteiger partial charge in [-0.3, -0.25) is 4.79 Å². The number of rotatable bonds is 7. The lowest BCUT2D eigenvalue weighted by Gasteiger charge is -2.16. The van der Waals surface area contributed by atoms with E-state index in [-0.39, 0.29) is 25.7 Å². The highest BCUT2D eigenvalue weighted by molar-refractivity contribution is 5.77. The molecule has 1 unspecified atom stereocenters. The average molecular weight is 267 g/mol. The van der Waals surface area contributed by atoms with E-state index in [0.29, 0.717) is 5.75 Å². The molecule has 0 spiro atoms. The fourth-order valence-corrected chi connectivity index (χ4v) is 1.62. The molecule has 0 heterocycles. The molecule has 1 aromatic carbocycles. The molecule has 0 fully saturated rings. The topological polar surface area (TPSA) is 67.8 Å². The smallest absolute Gasteiger partial charge is 0.258 e. The summed E-state index contributed by atoms with van der Waals surface area (Å²) in [5, 5.41) is 11.7. The van der Waals surface area contributed by atoms with E-state index in [1.807, 2.05) is 32.0 Å². The van der Waals surface area contributed by atoms with Crippen molar-refractivity contribution in [2.75, 3.05) is 26.9 Å². The fraction of sp³-hybridized carbons (Fsp3) is 0.500. The molecule has 106 valence electrons. The Kier molecular flexibility index (Phi) is 6.32. The number of ether oxygens (including phenoxy) is 2. The second-order valence-corrected chi connectivity index (χ2v) is 4.46. The second-order valence-electron chi connectivity index (χ2n) is 4.46. The van der Waals surface area contributed by atoms with E-state index in [1.165, 1.54) is 7.11 Å². The molecule has 0 saturated carbocycles. The second kappa shape index (κ2) is 7.76. The lowest BCUT2D eigenvalue weighted by Crippen LogP contribution is -2.42. The van der Waals surface area contributed by atoms with Gasteiger partial charge in [-0.25, -0.2) is 0 Å². The van der Waals surface area contributed by atoms with Crippen LogP contribution in [0, 0.1) is 13.8 Å². The first-order chi connectivity index (χ1) is 9.06. The van der Waals surface area contributed by atoms with Crippen LogP contribution >= 0.6 is 0 Å². The minimum absolute atomic E-state index is 0.0789. The Morgan fingerprint density at radius 3 is 2.79 bits per heavy atom. The fourth-order valence-electron chi connectivity index (χ4n) is 1.62. The molecule has 0 aliphatic heterocycles. The number of nitrogens with one attached hydrogen (secondary N) is 1. The van der Waals surface area contributed by atoms with E-state index >= 15 is 0 Å². The molecule has 2 N–H and O–H groups in total. The lowest BCUT2D eigenvalue weighted by molar-refractivity contribution is -0.124. The number of methoxy groups -OCH3 is 1. The first-order valence-electron chi connectivity index (χ1n) is 6.16. The molecule has 0 aliphatic rings. The number of aliphatic hydroxyl groups excluding tert-OH is 1. The first kappa shape index (κ1) is 15.5. The van der Waals surface area contributed by atoms with Crippen LogP contribution in [-0.2, 0) is 9.53 Å². The molecular formula is C14H21NO4. The maximum atomic E-state index is 11.7. The van der Waals surface area contributed by atoms with Crippen LogP contribution in [0.25, 0.3) is 0 Å². The summed E-state index contributed by atoms with van der Waals surface area (Å²) < 4.78 is 10.3. The highest BCUT2D eigenvalue weighted by atomic mass is 16.5. The number of amides is 1. The quantitative estimate of drug-likeness (QED) is 0.767. The molecule has 5 nitrogen and oxygen atoms in total. The van der Waals surface area contributed by atoms with Gasteiger partial charge in [0.05, 0.1) is 19.3 Å². The van der Waals surface area contributed by atoms with Crippen molar-refractivity contribution < 1.29 is 19.4 Å². The van der Waals surface area contributed by atoms with Crippen molar-refractivity contribution in [2.24, 2.45) is 0 Å². The number of benzene rings is 1. The molecule has 19 heavy (non-hydrogen) atoms. The normalized spacial score (nSPS) is 12.0. The summed E-state index contributed by atoms with van der Waals surface area (Å²) in [6.45, 7) is 3.92. The van der Waals surface area contributed by atoms with Crippen molar-refractivity contribution in [3.05, 3.63) is 29.3 Å². The van der Waals surface area contributed by atoms with Crippen LogP contribution in [0.15, 0.2) is 18.2 Å². The summed E-state index contributed by atoms with van der Waals surface area (Å²) in [5.41, 5.74) is 2.06. The largest absolute Gasteiger partial charge is 0.483 e. The van der Waals surface area contributed by atoms with Crippen molar-refractivity contribution in [3.63, 3.8) is 0 Å². The van der Waals surface area contributed by atoms with Gasteiger partial charge in [-0.15, -0.1) is 0 Å². The Morgan fingerprint density at radius 2 is 2.16 bits per heavy atom. The summed E-state index contributed by atoms with van der Waals surface area (Å²) in [7, 11) is 1.52. The van der Waals surface area contributed by atoms with Crippen LogP contribution in [0.3, 0.4) is 0 Å². The molecule has 0 radical (unpaired) electrons.